The van der Waals surface area contributed by atoms with E-state index in [9.17, 15) is 9.90 Å². The highest BCUT2D eigenvalue weighted by atomic mass is 16.5. The van der Waals surface area contributed by atoms with Gasteiger partial charge in [0.25, 0.3) is 0 Å². The molecular formula is C35H44N8O3. The summed E-state index contributed by atoms with van der Waals surface area (Å²) in [6, 6.07) is 17.1. The zero-order valence-corrected chi connectivity index (χ0v) is 26.7. The van der Waals surface area contributed by atoms with Crippen molar-refractivity contribution in [1.82, 2.24) is 20.1 Å². The van der Waals surface area contributed by atoms with E-state index in [0.717, 1.165) is 37.1 Å². The number of phenols is 1. The number of fused-ring (bicyclic) bond motifs is 1. The van der Waals surface area contributed by atoms with Crippen LogP contribution in [0.5, 0.6) is 11.5 Å². The molecule has 7 N–H and O–H groups in total. The highest BCUT2D eigenvalue weighted by Crippen LogP contribution is 2.38. The van der Waals surface area contributed by atoms with Crippen LogP contribution >= 0.6 is 0 Å². The van der Waals surface area contributed by atoms with Crippen molar-refractivity contribution in [3.8, 4) is 11.5 Å². The molecule has 242 valence electrons. The monoisotopic (exact) mass is 624 g/mol. The first-order valence-electron chi connectivity index (χ1n) is 15.8. The Balaban J connectivity index is 1.30. The first kappa shape index (κ1) is 32.3. The van der Waals surface area contributed by atoms with Crippen LogP contribution in [0.3, 0.4) is 0 Å². The molecule has 1 saturated heterocycles. The molecule has 1 aromatic heterocycles. The molecule has 3 aromatic rings. The summed E-state index contributed by atoms with van der Waals surface area (Å²) in [6.45, 7) is 7.43. The number of piperidine rings is 1. The van der Waals surface area contributed by atoms with Crippen LogP contribution in [0.15, 0.2) is 78.8 Å². The van der Waals surface area contributed by atoms with E-state index < -0.39 is 11.4 Å². The molecule has 2 atom stereocenters. The highest BCUT2D eigenvalue weighted by molar-refractivity contribution is 5.97. The third kappa shape index (κ3) is 7.96. The maximum Gasteiger partial charge on any atom is 0.320 e. The third-order valence-corrected chi connectivity index (χ3v) is 8.32. The number of rotatable bonds is 7. The number of ether oxygens (including phenoxy) is 1. The number of nitrogens with one attached hydrogen (secondary N) is 6. The van der Waals surface area contributed by atoms with Crippen molar-refractivity contribution in [3.05, 3.63) is 95.4 Å². The van der Waals surface area contributed by atoms with Crippen LogP contribution in [0.4, 0.5) is 10.5 Å². The van der Waals surface area contributed by atoms with Gasteiger partial charge < -0.3 is 30.8 Å². The predicted molar refractivity (Wildman–Crippen MR) is 179 cm³/mol. The van der Waals surface area contributed by atoms with Gasteiger partial charge in [-0.05, 0) is 79.6 Å². The Morgan fingerprint density at radius 2 is 1.65 bits per heavy atom. The van der Waals surface area contributed by atoms with E-state index in [4.69, 9.17) is 21.0 Å². The lowest BCUT2D eigenvalue weighted by molar-refractivity contribution is 0.170. The van der Waals surface area contributed by atoms with E-state index in [0.29, 0.717) is 41.8 Å². The van der Waals surface area contributed by atoms with Crippen molar-refractivity contribution < 1.29 is 14.6 Å². The first-order valence-corrected chi connectivity index (χ1v) is 15.8. The van der Waals surface area contributed by atoms with Gasteiger partial charge in [-0.15, -0.1) is 0 Å². The number of pyridine rings is 1. The number of anilines is 1. The second-order valence-corrected chi connectivity index (χ2v) is 12.8. The summed E-state index contributed by atoms with van der Waals surface area (Å²) in [5.41, 5.74) is 2.72. The topological polar surface area (TPSA) is 162 Å². The number of hydrogen-bond acceptors (Lipinski definition) is 7. The Labute approximate surface area is 269 Å². The van der Waals surface area contributed by atoms with E-state index in [1.165, 1.54) is 6.42 Å². The van der Waals surface area contributed by atoms with Crippen molar-refractivity contribution >= 4 is 23.4 Å². The molecular weight excluding hydrogens is 580 g/mol. The van der Waals surface area contributed by atoms with Gasteiger partial charge in [0, 0.05) is 36.0 Å². The second-order valence-electron chi connectivity index (χ2n) is 12.8. The van der Waals surface area contributed by atoms with Crippen LogP contribution in [0.1, 0.15) is 76.1 Å². The molecule has 0 unspecified atom stereocenters. The van der Waals surface area contributed by atoms with Crippen molar-refractivity contribution in [3.63, 3.8) is 0 Å². The minimum Gasteiger partial charge on any atom is -0.508 e. The minimum atomic E-state index is -0.425. The number of hydrogen-bond donors (Lipinski definition) is 7. The van der Waals surface area contributed by atoms with Crippen molar-refractivity contribution in [1.29, 1.82) is 16.2 Å². The summed E-state index contributed by atoms with van der Waals surface area (Å²) < 4.78 is 8.05. The zero-order chi connectivity index (χ0) is 32.8. The fourth-order valence-corrected chi connectivity index (χ4v) is 5.65. The molecule has 2 amide bonds. The van der Waals surface area contributed by atoms with Crippen LogP contribution in [0.25, 0.3) is 0 Å². The lowest BCUT2D eigenvalue weighted by Gasteiger charge is -2.33. The number of carbonyl (C=O) groups excluding carboxylic acids is 1. The van der Waals surface area contributed by atoms with Crippen LogP contribution in [0, 0.1) is 21.6 Å². The van der Waals surface area contributed by atoms with Gasteiger partial charge in [0.2, 0.25) is 5.96 Å². The third-order valence-electron chi connectivity index (χ3n) is 8.32. The van der Waals surface area contributed by atoms with E-state index in [2.05, 4.69) is 16.0 Å². The van der Waals surface area contributed by atoms with Crippen molar-refractivity contribution in [2.24, 2.45) is 5.41 Å². The van der Waals surface area contributed by atoms with E-state index in [1.54, 1.807) is 53.2 Å². The maximum atomic E-state index is 13.4. The summed E-state index contributed by atoms with van der Waals surface area (Å²) in [7, 11) is 0. The number of carbonyl (C=O) groups is 1. The number of phenolic OH excluding ortho intramolecular Hbond substituents is 1. The van der Waals surface area contributed by atoms with Crippen molar-refractivity contribution in [2.45, 2.75) is 65.0 Å². The highest BCUT2D eigenvalue weighted by Gasteiger charge is 2.30. The average molecular weight is 625 g/mol. The summed E-state index contributed by atoms with van der Waals surface area (Å²) >= 11 is 0. The molecule has 11 nitrogen and oxygen atoms in total. The predicted octanol–water partition coefficient (Wildman–Crippen LogP) is 6.22. The Morgan fingerprint density at radius 3 is 2.35 bits per heavy atom. The fraction of sp³-hybridized carbons (Fsp3) is 0.371. The normalized spacial score (nSPS) is 18.2. The van der Waals surface area contributed by atoms with Crippen molar-refractivity contribution in [2.75, 3.05) is 18.4 Å². The number of aromatic nitrogens is 1. The van der Waals surface area contributed by atoms with Crippen LogP contribution < -0.4 is 26.2 Å². The molecule has 5 rings (SSSR count). The number of benzene rings is 2. The smallest absolute Gasteiger partial charge is 0.320 e. The van der Waals surface area contributed by atoms with Gasteiger partial charge in [-0.2, -0.15) is 0 Å². The molecule has 0 spiro atoms. The lowest BCUT2D eigenvalue weighted by Crippen LogP contribution is -2.43. The number of urea groups is 1. The zero-order valence-electron chi connectivity index (χ0n) is 26.7. The number of allylic oxidation sites excluding steroid dienone is 1. The Bertz CT molecular complexity index is 1670. The molecule has 1 aliphatic carbocycles. The molecule has 1 fully saturated rings. The SMILES string of the molecule is CC(C)(C)C(=N)/C=C(/NC(=O)N[C@H]1CC[C@@H](Oc2ccc(=N)n(C(=N)N3CCCCC3)c2)c2ccccc21)Nc1ccc(O)cc1. The average Bonchev–Trinajstić information content (AvgIpc) is 3.03. The molecule has 0 bridgehead atoms. The fourth-order valence-electron chi connectivity index (χ4n) is 5.65. The Hall–Kier alpha value is -5.06. The van der Waals surface area contributed by atoms with Gasteiger partial charge in [0.05, 0.1) is 12.2 Å². The molecule has 2 aliphatic rings. The molecule has 1 aliphatic heterocycles. The summed E-state index contributed by atoms with van der Waals surface area (Å²) in [5.74, 6) is 1.35. The van der Waals surface area contributed by atoms with Gasteiger partial charge in [0.1, 0.15) is 28.9 Å². The van der Waals surface area contributed by atoms with E-state index in [-0.39, 0.29) is 23.4 Å². The van der Waals surface area contributed by atoms with E-state index in [1.807, 2.05) is 49.9 Å². The number of aromatic hydroxyl groups is 1. The molecule has 0 saturated carbocycles. The van der Waals surface area contributed by atoms with Gasteiger partial charge in [-0.1, -0.05) is 45.0 Å². The molecule has 46 heavy (non-hydrogen) atoms. The van der Waals surface area contributed by atoms with E-state index >= 15 is 0 Å². The summed E-state index contributed by atoms with van der Waals surface area (Å²) in [5, 5.41) is 44.4. The molecule has 11 heteroatoms. The molecule has 2 aromatic carbocycles. The van der Waals surface area contributed by atoms with Gasteiger partial charge in [0.15, 0.2) is 0 Å². The Kier molecular flexibility index (Phi) is 9.79. The summed E-state index contributed by atoms with van der Waals surface area (Å²) in [4.78, 5) is 15.4. The number of nitrogens with zero attached hydrogens (tertiary/aromatic N) is 2. The number of amides is 2. The minimum absolute atomic E-state index is 0.131. The Morgan fingerprint density at radius 1 is 0.957 bits per heavy atom. The standard InChI is InChI=1S/C35H44N8O3/c1-35(2,3)30(36)21-32(39-23-11-13-24(44)14-12-23)41-34(45)40-28-16-17-29(27-10-6-5-9-26(27)28)46-25-15-18-31(37)43(22-25)33(38)42-19-7-4-8-20-42/h5-6,9-15,18,21-22,28-29,36-39,44H,4,7-8,16-17,19-20H2,1-3H3,(H2,40,41,45)/b32-21+,36-30?,37-31?,38-33?/t28-,29+/m0/s1. The molecule has 0 radical (unpaired) electrons. The maximum absolute atomic E-state index is 13.4. The van der Waals surface area contributed by atoms with Crippen LogP contribution in [0.2, 0.25) is 0 Å². The first-order chi connectivity index (χ1) is 22.0. The molecule has 2 heterocycles. The lowest BCUT2D eigenvalue weighted by atomic mass is 9.85. The number of likely N-dealkylation sites (tertiary alicyclic amines) is 1. The van der Waals surface area contributed by atoms with Gasteiger partial charge >= 0.3 is 6.03 Å². The van der Waals surface area contributed by atoms with Crippen LogP contribution in [-0.2, 0) is 0 Å². The van der Waals surface area contributed by atoms with Gasteiger partial charge in [-0.25, -0.2) is 4.79 Å². The second kappa shape index (κ2) is 13.9. The van der Waals surface area contributed by atoms with Gasteiger partial charge in [-0.3, -0.25) is 20.7 Å². The quantitative estimate of drug-likeness (QED) is 0.0942. The largest absolute Gasteiger partial charge is 0.508 e. The summed E-state index contributed by atoms with van der Waals surface area (Å²) in [6.07, 6.45) is 7.62. The van der Waals surface area contributed by atoms with Crippen LogP contribution in [-0.4, -0.2) is 45.4 Å².